The summed E-state index contributed by atoms with van der Waals surface area (Å²) < 4.78 is 6.10. The third-order valence-electron chi connectivity index (χ3n) is 4.68. The van der Waals surface area contributed by atoms with Gasteiger partial charge in [-0.05, 0) is 36.8 Å². The largest absolute Gasteiger partial charge is 0.481 e. The molecule has 0 bridgehead atoms. The molecule has 1 saturated carbocycles. The molecule has 0 aliphatic heterocycles. The van der Waals surface area contributed by atoms with Crippen LogP contribution in [0.15, 0.2) is 24.3 Å². The van der Waals surface area contributed by atoms with Crippen molar-refractivity contribution in [2.24, 2.45) is 5.92 Å². The predicted octanol–water partition coefficient (Wildman–Crippen LogP) is 4.36. The highest BCUT2D eigenvalue weighted by Gasteiger charge is 2.24. The second-order valence-corrected chi connectivity index (χ2v) is 6.10. The Morgan fingerprint density at radius 3 is 2.57 bits per heavy atom. The van der Waals surface area contributed by atoms with Crippen molar-refractivity contribution in [2.75, 3.05) is 0 Å². The number of carbonyl (C=O) groups is 1. The van der Waals surface area contributed by atoms with Crippen molar-refractivity contribution >= 4 is 5.97 Å². The highest BCUT2D eigenvalue weighted by atomic mass is 16.5. The Balaban J connectivity index is 1.90. The van der Waals surface area contributed by atoms with Gasteiger partial charge < -0.3 is 9.84 Å². The van der Waals surface area contributed by atoms with Crippen molar-refractivity contribution in [2.45, 2.75) is 64.6 Å². The highest BCUT2D eigenvalue weighted by molar-refractivity contribution is 5.75. The molecule has 1 N–H and O–H groups in total. The summed E-state index contributed by atoms with van der Waals surface area (Å²) in [6.45, 7) is 4.58. The fraction of sp³-hybridized carbons (Fsp3) is 0.611. The summed E-state index contributed by atoms with van der Waals surface area (Å²) in [4.78, 5) is 11.0. The van der Waals surface area contributed by atoms with Crippen LogP contribution >= 0.6 is 0 Å². The summed E-state index contributed by atoms with van der Waals surface area (Å²) in [5.74, 6) is -0.542. The first-order valence-electron chi connectivity index (χ1n) is 8.05. The van der Waals surface area contributed by atoms with Crippen LogP contribution in [0.1, 0.15) is 63.0 Å². The quantitative estimate of drug-likeness (QED) is 0.846. The molecule has 21 heavy (non-hydrogen) atoms. The van der Waals surface area contributed by atoms with E-state index in [-0.39, 0.29) is 0 Å². The number of aliphatic carboxylic acids is 1. The molecule has 0 aromatic heterocycles. The van der Waals surface area contributed by atoms with Gasteiger partial charge in [0.25, 0.3) is 0 Å². The van der Waals surface area contributed by atoms with Gasteiger partial charge >= 0.3 is 5.97 Å². The van der Waals surface area contributed by atoms with E-state index >= 15 is 0 Å². The van der Waals surface area contributed by atoms with Gasteiger partial charge in [-0.25, -0.2) is 0 Å². The summed E-state index contributed by atoms with van der Waals surface area (Å²) in [7, 11) is 0. The number of ether oxygens (including phenoxy) is 1. The summed E-state index contributed by atoms with van der Waals surface area (Å²) in [6, 6.07) is 7.77. The van der Waals surface area contributed by atoms with E-state index in [1.165, 1.54) is 32.1 Å². The zero-order valence-electron chi connectivity index (χ0n) is 13.0. The van der Waals surface area contributed by atoms with Gasteiger partial charge in [-0.3, -0.25) is 4.79 Å². The molecule has 3 nitrogen and oxygen atoms in total. The number of hydrogen-bond donors (Lipinski definition) is 1. The third-order valence-corrected chi connectivity index (χ3v) is 4.68. The average molecular weight is 290 g/mol. The smallest absolute Gasteiger partial charge is 0.310 e. The van der Waals surface area contributed by atoms with Crippen LogP contribution in [0.5, 0.6) is 0 Å². The number of rotatable bonds is 6. The zero-order valence-corrected chi connectivity index (χ0v) is 13.0. The maximum absolute atomic E-state index is 11.0. The lowest BCUT2D eigenvalue weighted by Gasteiger charge is -2.30. The van der Waals surface area contributed by atoms with E-state index in [4.69, 9.17) is 9.84 Å². The molecule has 0 spiro atoms. The second kappa shape index (κ2) is 7.60. The Labute approximate surface area is 127 Å². The minimum absolute atomic E-state index is 0.390. The van der Waals surface area contributed by atoms with E-state index in [9.17, 15) is 4.79 Å². The minimum atomic E-state index is -0.785. The van der Waals surface area contributed by atoms with Crippen molar-refractivity contribution < 1.29 is 14.6 Å². The molecule has 1 aliphatic rings. The molecule has 3 heteroatoms. The lowest BCUT2D eigenvalue weighted by atomic mass is 9.85. The van der Waals surface area contributed by atoms with Crippen molar-refractivity contribution in [3.63, 3.8) is 0 Å². The van der Waals surface area contributed by atoms with Gasteiger partial charge in [0.05, 0.1) is 18.6 Å². The van der Waals surface area contributed by atoms with Crippen molar-refractivity contribution in [3.05, 3.63) is 35.4 Å². The van der Waals surface area contributed by atoms with Crippen molar-refractivity contribution in [3.8, 4) is 0 Å². The zero-order chi connectivity index (χ0) is 15.2. The standard InChI is InChI=1S/C18H26O3/c1-3-15-6-4-5-7-17(15)21-12-14-8-10-16(11-9-14)13(2)18(19)20/h8-11,13,15,17H,3-7,12H2,1-2H3,(H,19,20). The van der Waals surface area contributed by atoms with Crippen LogP contribution in [0.2, 0.25) is 0 Å². The lowest BCUT2D eigenvalue weighted by molar-refractivity contribution is -0.138. The minimum Gasteiger partial charge on any atom is -0.481 e. The van der Waals surface area contributed by atoms with Gasteiger partial charge in [0.1, 0.15) is 0 Å². The van der Waals surface area contributed by atoms with Gasteiger partial charge in [0.2, 0.25) is 0 Å². The summed E-state index contributed by atoms with van der Waals surface area (Å²) >= 11 is 0. The van der Waals surface area contributed by atoms with Gasteiger partial charge in [-0.2, -0.15) is 0 Å². The van der Waals surface area contributed by atoms with Crippen molar-refractivity contribution in [1.82, 2.24) is 0 Å². The molecule has 1 fully saturated rings. The van der Waals surface area contributed by atoms with E-state index in [1.54, 1.807) is 6.92 Å². The predicted molar refractivity (Wildman–Crippen MR) is 83.3 cm³/mol. The van der Waals surface area contributed by atoms with Crippen molar-refractivity contribution in [1.29, 1.82) is 0 Å². The van der Waals surface area contributed by atoms with Crippen LogP contribution in [0, 0.1) is 5.92 Å². The molecule has 0 amide bonds. The van der Waals surface area contributed by atoms with E-state index in [0.29, 0.717) is 18.6 Å². The monoisotopic (exact) mass is 290 g/mol. The van der Waals surface area contributed by atoms with Crippen LogP contribution in [0.4, 0.5) is 0 Å². The van der Waals surface area contributed by atoms with E-state index in [0.717, 1.165) is 11.1 Å². The highest BCUT2D eigenvalue weighted by Crippen LogP contribution is 2.29. The maximum Gasteiger partial charge on any atom is 0.310 e. The molecule has 116 valence electrons. The van der Waals surface area contributed by atoms with Gasteiger partial charge in [0, 0.05) is 0 Å². The molecule has 1 aliphatic carbocycles. The van der Waals surface area contributed by atoms with E-state index in [1.807, 2.05) is 24.3 Å². The number of benzene rings is 1. The number of hydrogen-bond acceptors (Lipinski definition) is 2. The maximum atomic E-state index is 11.0. The molecule has 0 radical (unpaired) electrons. The number of carboxylic acid groups (broad SMARTS) is 1. The van der Waals surface area contributed by atoms with E-state index in [2.05, 4.69) is 6.92 Å². The fourth-order valence-corrected chi connectivity index (χ4v) is 3.11. The molecule has 1 aromatic carbocycles. The number of carboxylic acids is 1. The molecule has 0 saturated heterocycles. The molecular formula is C18H26O3. The normalized spacial score (nSPS) is 23.7. The van der Waals surface area contributed by atoms with Gasteiger partial charge in [-0.1, -0.05) is 50.5 Å². The van der Waals surface area contributed by atoms with Gasteiger partial charge in [-0.15, -0.1) is 0 Å². The van der Waals surface area contributed by atoms with Gasteiger partial charge in [0.15, 0.2) is 0 Å². The second-order valence-electron chi connectivity index (χ2n) is 6.10. The fourth-order valence-electron chi connectivity index (χ4n) is 3.11. The first kappa shape index (κ1) is 16.0. The molecular weight excluding hydrogens is 264 g/mol. The summed E-state index contributed by atoms with van der Waals surface area (Å²) in [6.07, 6.45) is 6.65. The molecule has 0 heterocycles. The Morgan fingerprint density at radius 1 is 1.29 bits per heavy atom. The Bertz CT molecular complexity index is 452. The summed E-state index contributed by atoms with van der Waals surface area (Å²) in [5, 5.41) is 9.01. The Kier molecular flexibility index (Phi) is 5.80. The van der Waals surface area contributed by atoms with Crippen LogP contribution in [-0.4, -0.2) is 17.2 Å². The lowest BCUT2D eigenvalue weighted by Crippen LogP contribution is -2.27. The Hall–Kier alpha value is -1.35. The van der Waals surface area contributed by atoms with Crippen LogP contribution < -0.4 is 0 Å². The third kappa shape index (κ3) is 4.31. The first-order chi connectivity index (χ1) is 10.1. The topological polar surface area (TPSA) is 46.5 Å². The van der Waals surface area contributed by atoms with E-state index < -0.39 is 11.9 Å². The SMILES string of the molecule is CCC1CCCCC1OCc1ccc(C(C)C(=O)O)cc1. The molecule has 3 atom stereocenters. The molecule has 1 aromatic rings. The molecule has 2 rings (SSSR count). The van der Waals surface area contributed by atoms with Crippen LogP contribution in [0.25, 0.3) is 0 Å². The van der Waals surface area contributed by atoms with Crippen LogP contribution in [-0.2, 0) is 16.1 Å². The summed E-state index contributed by atoms with van der Waals surface area (Å²) in [5.41, 5.74) is 1.96. The van der Waals surface area contributed by atoms with Crippen LogP contribution in [0.3, 0.4) is 0 Å². The average Bonchev–Trinajstić information content (AvgIpc) is 2.52. The first-order valence-corrected chi connectivity index (χ1v) is 8.05. The Morgan fingerprint density at radius 2 is 1.95 bits per heavy atom. The molecule has 3 unspecified atom stereocenters.